The van der Waals surface area contributed by atoms with Crippen LogP contribution in [0.3, 0.4) is 0 Å². The predicted molar refractivity (Wildman–Crippen MR) is 77.8 cm³/mol. The Labute approximate surface area is 119 Å². The molecule has 1 heterocycles. The molecule has 1 atom stereocenters. The summed E-state index contributed by atoms with van der Waals surface area (Å²) in [6, 6.07) is 0.290. The van der Waals surface area contributed by atoms with Crippen LogP contribution in [-0.2, 0) is 4.79 Å². The molecular weight excluding hydrogens is 262 g/mol. The molecule has 5 nitrogen and oxygen atoms in total. The number of imidazole rings is 1. The molecule has 0 aromatic carbocycles. The van der Waals surface area contributed by atoms with E-state index in [0.29, 0.717) is 6.04 Å². The summed E-state index contributed by atoms with van der Waals surface area (Å²) in [6.45, 7) is 11.5. The highest BCUT2D eigenvalue weighted by atomic mass is 32.2. The van der Waals surface area contributed by atoms with Gasteiger partial charge < -0.3 is 14.6 Å². The minimum absolute atomic E-state index is 0.0500. The lowest BCUT2D eigenvalue weighted by molar-refractivity contribution is -0.133. The fraction of sp³-hybridized carbons (Fsp3) is 0.692. The van der Waals surface area contributed by atoms with Crippen LogP contribution in [0.5, 0.6) is 0 Å². The van der Waals surface area contributed by atoms with Gasteiger partial charge in [0.25, 0.3) is 0 Å². The van der Waals surface area contributed by atoms with Gasteiger partial charge in [0.15, 0.2) is 5.16 Å². The molecule has 0 radical (unpaired) electrons. The third-order valence-electron chi connectivity index (χ3n) is 3.13. The van der Waals surface area contributed by atoms with Gasteiger partial charge in [0, 0.05) is 24.5 Å². The maximum atomic E-state index is 10.7. The number of carboxylic acids is 1. The molecule has 6 heteroatoms. The van der Waals surface area contributed by atoms with Crippen molar-refractivity contribution in [2.24, 2.45) is 0 Å². The number of aliphatic carboxylic acids is 1. The van der Waals surface area contributed by atoms with E-state index in [9.17, 15) is 4.79 Å². The van der Waals surface area contributed by atoms with Gasteiger partial charge >= 0.3 is 5.97 Å². The smallest absolute Gasteiger partial charge is 0.313 e. The number of hydrogen-bond acceptors (Lipinski definition) is 4. The molecule has 0 aliphatic carbocycles. The van der Waals surface area contributed by atoms with Crippen molar-refractivity contribution in [3.8, 4) is 0 Å². The van der Waals surface area contributed by atoms with Gasteiger partial charge in [-0.25, -0.2) is 4.98 Å². The van der Waals surface area contributed by atoms with Crippen molar-refractivity contribution in [2.75, 3.05) is 25.4 Å². The van der Waals surface area contributed by atoms with Gasteiger partial charge in [0.2, 0.25) is 0 Å². The van der Waals surface area contributed by atoms with Gasteiger partial charge in [0.1, 0.15) is 0 Å². The highest BCUT2D eigenvalue weighted by Crippen LogP contribution is 2.23. The number of nitrogens with zero attached hydrogens (tertiary/aromatic N) is 3. The van der Waals surface area contributed by atoms with E-state index in [0.717, 1.165) is 30.5 Å². The van der Waals surface area contributed by atoms with Crippen LogP contribution in [0.2, 0.25) is 0 Å². The Kier molecular flexibility index (Phi) is 6.37. The van der Waals surface area contributed by atoms with E-state index < -0.39 is 5.97 Å². The van der Waals surface area contributed by atoms with Crippen molar-refractivity contribution in [1.29, 1.82) is 0 Å². The summed E-state index contributed by atoms with van der Waals surface area (Å²) in [5.41, 5.74) is 1.08. The van der Waals surface area contributed by atoms with Crippen molar-refractivity contribution in [3.05, 3.63) is 11.9 Å². The van der Waals surface area contributed by atoms with Crippen molar-refractivity contribution in [1.82, 2.24) is 14.5 Å². The average Bonchev–Trinajstić information content (AvgIpc) is 2.74. The van der Waals surface area contributed by atoms with E-state index in [1.54, 1.807) is 0 Å². The Balaban J connectivity index is 2.79. The van der Waals surface area contributed by atoms with Gasteiger partial charge in [-0.05, 0) is 26.9 Å². The van der Waals surface area contributed by atoms with Gasteiger partial charge in [-0.15, -0.1) is 0 Å². The zero-order valence-electron chi connectivity index (χ0n) is 12.1. The van der Waals surface area contributed by atoms with Crippen LogP contribution < -0.4 is 0 Å². The van der Waals surface area contributed by atoms with Crippen LogP contribution in [-0.4, -0.2) is 50.9 Å². The summed E-state index contributed by atoms with van der Waals surface area (Å²) in [7, 11) is 0. The molecule has 0 spiro atoms. The number of carboxylic acid groups (broad SMARTS) is 1. The molecule has 1 aromatic heterocycles. The lowest BCUT2D eigenvalue weighted by Gasteiger charge is -2.25. The number of thioether (sulfide) groups is 1. The fourth-order valence-corrected chi connectivity index (χ4v) is 2.97. The Morgan fingerprint density at radius 2 is 2.16 bits per heavy atom. The van der Waals surface area contributed by atoms with E-state index in [-0.39, 0.29) is 5.75 Å². The summed E-state index contributed by atoms with van der Waals surface area (Å²) < 4.78 is 2.13. The van der Waals surface area contributed by atoms with Gasteiger partial charge in [-0.2, -0.15) is 0 Å². The normalized spacial score (nSPS) is 12.9. The highest BCUT2D eigenvalue weighted by Gasteiger charge is 2.16. The third kappa shape index (κ3) is 4.54. The standard InChI is InChI=1S/C13H23N3O2S/c1-5-15(6-2)8-11(4)16-10(3)7-14-13(16)19-9-12(17)18/h7,11H,5-6,8-9H2,1-4H3,(H,17,18). The zero-order valence-corrected chi connectivity index (χ0v) is 12.9. The Hall–Kier alpha value is -1.01. The molecule has 0 saturated carbocycles. The first-order valence-corrected chi connectivity index (χ1v) is 7.58. The third-order valence-corrected chi connectivity index (χ3v) is 4.08. The van der Waals surface area contributed by atoms with Crippen molar-refractivity contribution in [3.63, 3.8) is 0 Å². The summed E-state index contributed by atoms with van der Waals surface area (Å²) in [4.78, 5) is 17.3. The first-order chi connectivity index (χ1) is 8.99. The van der Waals surface area contributed by atoms with Crippen LogP contribution in [0, 0.1) is 6.92 Å². The molecule has 0 bridgehead atoms. The van der Waals surface area contributed by atoms with Crippen LogP contribution in [0.1, 0.15) is 32.5 Å². The topological polar surface area (TPSA) is 58.4 Å². The van der Waals surface area contributed by atoms with E-state index in [1.165, 1.54) is 11.8 Å². The van der Waals surface area contributed by atoms with Crippen LogP contribution in [0.15, 0.2) is 11.4 Å². The van der Waals surface area contributed by atoms with Gasteiger partial charge in [-0.1, -0.05) is 25.6 Å². The second-order valence-corrected chi connectivity index (χ2v) is 5.51. The Morgan fingerprint density at radius 3 is 2.68 bits per heavy atom. The SMILES string of the molecule is CCN(CC)CC(C)n1c(C)cnc1SCC(=O)O. The maximum Gasteiger partial charge on any atom is 0.313 e. The number of aryl methyl sites for hydroxylation is 1. The number of hydrogen-bond donors (Lipinski definition) is 1. The Bertz CT molecular complexity index is 416. The highest BCUT2D eigenvalue weighted by molar-refractivity contribution is 7.99. The van der Waals surface area contributed by atoms with Crippen LogP contribution in [0.4, 0.5) is 0 Å². The first-order valence-electron chi connectivity index (χ1n) is 6.60. The average molecular weight is 285 g/mol. The quantitative estimate of drug-likeness (QED) is 0.743. The largest absolute Gasteiger partial charge is 0.481 e. The molecule has 1 rings (SSSR count). The molecule has 0 fully saturated rings. The molecule has 108 valence electrons. The first kappa shape index (κ1) is 16.0. The van der Waals surface area contributed by atoms with Crippen LogP contribution >= 0.6 is 11.8 Å². The number of likely N-dealkylation sites (N-methyl/N-ethyl adjacent to an activating group) is 1. The number of carbonyl (C=O) groups is 1. The van der Waals surface area contributed by atoms with E-state index in [1.807, 2.05) is 13.1 Å². The van der Waals surface area contributed by atoms with E-state index in [4.69, 9.17) is 5.11 Å². The minimum atomic E-state index is -0.811. The van der Waals surface area contributed by atoms with Crippen LogP contribution in [0.25, 0.3) is 0 Å². The molecular formula is C13H23N3O2S. The summed E-state index contributed by atoms with van der Waals surface area (Å²) >= 11 is 1.28. The maximum absolute atomic E-state index is 10.7. The fourth-order valence-electron chi connectivity index (χ4n) is 2.13. The summed E-state index contributed by atoms with van der Waals surface area (Å²) in [5.74, 6) is -0.761. The number of aromatic nitrogens is 2. The monoisotopic (exact) mass is 285 g/mol. The Morgan fingerprint density at radius 1 is 1.53 bits per heavy atom. The zero-order chi connectivity index (χ0) is 14.4. The molecule has 1 aromatic rings. The molecule has 1 unspecified atom stereocenters. The molecule has 19 heavy (non-hydrogen) atoms. The van der Waals surface area contributed by atoms with Gasteiger partial charge in [0.05, 0.1) is 5.75 Å². The number of rotatable bonds is 8. The molecule has 0 saturated heterocycles. The van der Waals surface area contributed by atoms with Gasteiger partial charge in [-0.3, -0.25) is 4.79 Å². The van der Waals surface area contributed by atoms with Crippen molar-refractivity contribution < 1.29 is 9.90 Å². The molecule has 0 aliphatic heterocycles. The lowest BCUT2D eigenvalue weighted by Crippen LogP contribution is -2.30. The van der Waals surface area contributed by atoms with Crippen molar-refractivity contribution in [2.45, 2.75) is 38.9 Å². The molecule has 1 N–H and O–H groups in total. The van der Waals surface area contributed by atoms with E-state index in [2.05, 4.69) is 35.2 Å². The summed E-state index contributed by atoms with van der Waals surface area (Å²) in [6.07, 6.45) is 1.81. The second kappa shape index (κ2) is 7.55. The minimum Gasteiger partial charge on any atom is -0.481 e. The second-order valence-electron chi connectivity index (χ2n) is 4.57. The predicted octanol–water partition coefficient (Wildman–Crippen LogP) is 2.27. The van der Waals surface area contributed by atoms with Crippen molar-refractivity contribution >= 4 is 17.7 Å². The molecule has 0 amide bonds. The lowest BCUT2D eigenvalue weighted by atomic mass is 10.3. The summed E-state index contributed by atoms with van der Waals surface area (Å²) in [5, 5.41) is 9.56. The van der Waals surface area contributed by atoms with E-state index >= 15 is 0 Å². The molecule has 0 aliphatic rings.